The van der Waals surface area contributed by atoms with Crippen molar-refractivity contribution in [2.75, 3.05) is 13.2 Å². The molecule has 0 aromatic carbocycles. The zero-order chi connectivity index (χ0) is 6.99. The van der Waals surface area contributed by atoms with E-state index in [2.05, 4.69) is 0 Å². The van der Waals surface area contributed by atoms with Gasteiger partial charge in [-0.25, -0.2) is 0 Å². The summed E-state index contributed by atoms with van der Waals surface area (Å²) in [6.45, 7) is -0.250. The summed E-state index contributed by atoms with van der Waals surface area (Å²) in [5.74, 6) is 0. The van der Waals surface area contributed by atoms with Gasteiger partial charge in [0.1, 0.15) is 0 Å². The van der Waals surface area contributed by atoms with Crippen LogP contribution >= 0.6 is 27.6 Å². The number of aliphatic hydroxyl groups is 2. The summed E-state index contributed by atoms with van der Waals surface area (Å²) in [5, 5.41) is 15.2. The maximum absolute atomic E-state index is 7.62. The molecule has 0 atom stereocenters. The first-order chi connectivity index (χ1) is 3.65. The molecule has 0 rings (SSSR count). The van der Waals surface area contributed by atoms with Crippen molar-refractivity contribution in [1.29, 1.82) is 0 Å². The number of rotatable bonds is 1. The monoisotopic (exact) mass is 436 g/mol. The molecule has 0 saturated carbocycles. The summed E-state index contributed by atoms with van der Waals surface area (Å²) < 4.78 is 0. The second-order valence-electron chi connectivity index (χ2n) is 0.576. The Labute approximate surface area is 87.9 Å². The summed E-state index contributed by atoms with van der Waals surface area (Å²) in [6, 6.07) is 0. The van der Waals surface area contributed by atoms with Gasteiger partial charge in [0, 0.05) is 0 Å². The van der Waals surface area contributed by atoms with E-state index in [-0.39, 0.29) is 35.1 Å². The van der Waals surface area contributed by atoms with Crippen LogP contribution in [0.2, 0.25) is 0 Å². The first-order valence-corrected chi connectivity index (χ1v) is 9.53. The van der Waals surface area contributed by atoms with E-state index in [0.717, 1.165) is 0 Å². The van der Waals surface area contributed by atoms with Crippen molar-refractivity contribution in [3.05, 3.63) is 0 Å². The molecule has 6 nitrogen and oxygen atoms in total. The molecule has 0 aliphatic rings. The van der Waals surface area contributed by atoms with E-state index >= 15 is 0 Å². The minimum absolute atomic E-state index is 0. The standard InChI is InChI=1S/C2H6O2.Au.3ClH.4H2O/c3-1-2-4;;;;;;;;/h3-4H,1-2H2;;3*1H;4*1H2/q;+3;;;;;;;/p-3. The van der Waals surface area contributed by atoms with Crippen molar-refractivity contribution in [1.82, 2.24) is 0 Å². The van der Waals surface area contributed by atoms with E-state index in [9.17, 15) is 0 Å². The Kier molecular flexibility index (Phi) is 124. The Morgan fingerprint density at radius 3 is 0.833 bits per heavy atom. The third-order valence-corrected chi connectivity index (χ3v) is 0.1000. The molecule has 0 fully saturated rings. The van der Waals surface area contributed by atoms with Crippen molar-refractivity contribution in [2.24, 2.45) is 0 Å². The molecule has 0 aromatic rings. The van der Waals surface area contributed by atoms with Gasteiger partial charge >= 0.3 is 42.8 Å². The Balaban J connectivity index is -0.0000000112. The predicted molar refractivity (Wildman–Crippen MR) is 46.2 cm³/mol. The molecule has 0 radical (unpaired) electrons. The quantitative estimate of drug-likeness (QED) is 0.442. The zero-order valence-corrected chi connectivity index (χ0v) is 10.2. The average Bonchev–Trinajstić information content (AvgIpc) is 1.65. The molecule has 0 heterocycles. The molecule has 0 unspecified atom stereocenters. The van der Waals surface area contributed by atoms with E-state index < -0.39 is 15.2 Å². The van der Waals surface area contributed by atoms with Gasteiger partial charge in [0.25, 0.3) is 0 Å². The van der Waals surface area contributed by atoms with Crippen LogP contribution in [0.4, 0.5) is 0 Å². The van der Waals surface area contributed by atoms with Crippen LogP contribution in [0.3, 0.4) is 0 Å². The van der Waals surface area contributed by atoms with E-state index in [1.54, 1.807) is 0 Å². The topological polar surface area (TPSA) is 166 Å². The van der Waals surface area contributed by atoms with E-state index in [4.69, 9.17) is 37.8 Å². The second-order valence-corrected chi connectivity index (χ2v) is 9.97. The molecule has 10 N–H and O–H groups in total. The first kappa shape index (κ1) is 37.7. The van der Waals surface area contributed by atoms with Crippen molar-refractivity contribution in [3.63, 3.8) is 0 Å². The Morgan fingerprint density at radius 1 is 0.750 bits per heavy atom. The Bertz CT molecular complexity index is 37.2. The molecule has 0 bridgehead atoms. The molecule has 0 aliphatic heterocycles. The molecule has 0 aliphatic carbocycles. The first-order valence-electron chi connectivity index (χ1n) is 1.47. The molecule has 0 spiro atoms. The van der Waals surface area contributed by atoms with Gasteiger partial charge in [-0.3, -0.25) is 0 Å². The van der Waals surface area contributed by atoms with Crippen molar-refractivity contribution in [2.45, 2.75) is 0 Å². The van der Waals surface area contributed by atoms with E-state index in [1.165, 1.54) is 0 Å². The average molecular weight is 437 g/mol. The van der Waals surface area contributed by atoms with Crippen LogP contribution in [0, 0.1) is 0 Å². The molecule has 0 saturated heterocycles. The molecule has 90 valence electrons. The van der Waals surface area contributed by atoms with Gasteiger partial charge in [0.15, 0.2) is 0 Å². The maximum atomic E-state index is 7.62. The van der Waals surface area contributed by atoms with Gasteiger partial charge in [-0.2, -0.15) is 0 Å². The summed E-state index contributed by atoms with van der Waals surface area (Å²) in [6.07, 6.45) is 0. The number of hydrogen-bond acceptors (Lipinski definition) is 2. The van der Waals surface area contributed by atoms with E-state index in [0.29, 0.717) is 0 Å². The van der Waals surface area contributed by atoms with Crippen molar-refractivity contribution in [3.8, 4) is 0 Å². The van der Waals surface area contributed by atoms with Crippen molar-refractivity contribution < 1.29 is 47.3 Å². The molecular formula is C2H14AuCl3O6. The Morgan fingerprint density at radius 2 is 0.833 bits per heavy atom. The third-order valence-electron chi connectivity index (χ3n) is 0.1000. The van der Waals surface area contributed by atoms with E-state index in [1.807, 2.05) is 0 Å². The van der Waals surface area contributed by atoms with Gasteiger partial charge < -0.3 is 32.1 Å². The van der Waals surface area contributed by atoms with Crippen LogP contribution in [-0.4, -0.2) is 45.3 Å². The van der Waals surface area contributed by atoms with Crippen molar-refractivity contribution >= 4 is 27.6 Å². The van der Waals surface area contributed by atoms with Crippen LogP contribution in [0.5, 0.6) is 0 Å². The van der Waals surface area contributed by atoms with Crippen LogP contribution < -0.4 is 0 Å². The number of aliphatic hydroxyl groups excluding tert-OH is 2. The summed E-state index contributed by atoms with van der Waals surface area (Å²) in [5.41, 5.74) is 0. The third kappa shape index (κ3) is 218. The number of hydrogen-bond donors (Lipinski definition) is 2. The zero-order valence-electron chi connectivity index (χ0n) is 5.74. The molecule has 0 aromatic heterocycles. The van der Waals surface area contributed by atoms with Crippen LogP contribution in [0.1, 0.15) is 0 Å². The number of halogens is 3. The molecule has 0 amide bonds. The van der Waals surface area contributed by atoms with Crippen LogP contribution in [0.25, 0.3) is 0 Å². The SMILES string of the molecule is O.O.O.O.OCCO.[Cl][Au]([Cl])[Cl]. The van der Waals surface area contributed by atoms with Gasteiger partial charge in [-0.15, -0.1) is 0 Å². The van der Waals surface area contributed by atoms with Crippen LogP contribution in [-0.2, 0) is 15.2 Å². The Hall–Kier alpha value is 1.37. The minimum atomic E-state index is -1.79. The molecular weight excluding hydrogens is 423 g/mol. The van der Waals surface area contributed by atoms with Crippen LogP contribution in [0.15, 0.2) is 0 Å². The van der Waals surface area contributed by atoms with Gasteiger partial charge in [-0.1, -0.05) is 0 Å². The second kappa shape index (κ2) is 39.4. The molecule has 10 heteroatoms. The van der Waals surface area contributed by atoms with Gasteiger partial charge in [-0.05, 0) is 0 Å². The predicted octanol–water partition coefficient (Wildman–Crippen LogP) is -2.26. The fourth-order valence-electron chi connectivity index (χ4n) is 0. The summed E-state index contributed by atoms with van der Waals surface area (Å²) in [4.78, 5) is 0. The normalized spacial score (nSPS) is 6.25. The molecule has 12 heavy (non-hydrogen) atoms. The summed E-state index contributed by atoms with van der Waals surface area (Å²) in [7, 11) is 14.9. The fourth-order valence-corrected chi connectivity index (χ4v) is 0. The van der Waals surface area contributed by atoms with Gasteiger partial charge in [0.2, 0.25) is 0 Å². The summed E-state index contributed by atoms with van der Waals surface area (Å²) >= 11 is -1.79. The fraction of sp³-hybridized carbons (Fsp3) is 1.00. The van der Waals surface area contributed by atoms with Gasteiger partial charge in [0.05, 0.1) is 13.2 Å².